The second-order valence-electron chi connectivity index (χ2n) is 5.31. The number of pyridine rings is 1. The minimum atomic E-state index is -0.289. The fourth-order valence-corrected chi connectivity index (χ4v) is 2.78. The van der Waals surface area contributed by atoms with Crippen LogP contribution in [0.25, 0.3) is 5.82 Å². The summed E-state index contributed by atoms with van der Waals surface area (Å²) >= 11 is 6.16. The van der Waals surface area contributed by atoms with Gasteiger partial charge in [0.05, 0.1) is 19.2 Å². The standard InChI is InChI=1S/C18H17ClN4O3/c1-25-15-10-13(9-14(19)16(15)26-2)18(24)21-11-12-5-3-6-20-17(12)23-8-4-7-22-23/h3-10H,11H2,1-2H3,(H,21,24). The zero-order valence-corrected chi connectivity index (χ0v) is 15.0. The van der Waals surface area contributed by atoms with Gasteiger partial charge in [0, 0.05) is 36.3 Å². The van der Waals surface area contributed by atoms with E-state index in [1.807, 2.05) is 18.2 Å². The highest BCUT2D eigenvalue weighted by atomic mass is 35.5. The first-order valence-corrected chi connectivity index (χ1v) is 8.15. The SMILES string of the molecule is COc1cc(C(=O)NCc2cccnc2-n2cccn2)cc(Cl)c1OC. The smallest absolute Gasteiger partial charge is 0.251 e. The fourth-order valence-electron chi connectivity index (χ4n) is 2.50. The molecule has 2 aromatic heterocycles. The number of aromatic nitrogens is 3. The van der Waals surface area contributed by atoms with E-state index in [0.717, 1.165) is 5.56 Å². The predicted octanol–water partition coefficient (Wildman–Crippen LogP) is 2.87. The average Bonchev–Trinajstić information content (AvgIpc) is 3.20. The first-order chi connectivity index (χ1) is 12.6. The maximum atomic E-state index is 12.5. The van der Waals surface area contributed by atoms with Crippen molar-refractivity contribution in [3.05, 3.63) is 65.1 Å². The number of ether oxygens (including phenoxy) is 2. The lowest BCUT2D eigenvalue weighted by Gasteiger charge is -2.13. The number of methoxy groups -OCH3 is 2. The van der Waals surface area contributed by atoms with Gasteiger partial charge in [-0.3, -0.25) is 4.79 Å². The van der Waals surface area contributed by atoms with Gasteiger partial charge in [0.25, 0.3) is 5.91 Å². The van der Waals surface area contributed by atoms with Crippen molar-refractivity contribution in [2.45, 2.75) is 6.54 Å². The second kappa shape index (κ2) is 7.88. The van der Waals surface area contributed by atoms with E-state index in [4.69, 9.17) is 21.1 Å². The molecule has 0 atom stereocenters. The summed E-state index contributed by atoms with van der Waals surface area (Å²) in [7, 11) is 2.98. The molecule has 0 fully saturated rings. The van der Waals surface area contributed by atoms with Crippen molar-refractivity contribution in [3.63, 3.8) is 0 Å². The van der Waals surface area contributed by atoms with Crippen molar-refractivity contribution in [3.8, 4) is 17.3 Å². The minimum Gasteiger partial charge on any atom is -0.493 e. The molecule has 3 aromatic rings. The lowest BCUT2D eigenvalue weighted by atomic mass is 10.1. The Morgan fingerprint density at radius 1 is 1.23 bits per heavy atom. The number of rotatable bonds is 6. The van der Waals surface area contributed by atoms with Gasteiger partial charge in [-0.25, -0.2) is 9.67 Å². The van der Waals surface area contributed by atoms with Gasteiger partial charge in [0.15, 0.2) is 17.3 Å². The summed E-state index contributed by atoms with van der Waals surface area (Å²) in [6, 6.07) is 8.61. The predicted molar refractivity (Wildman–Crippen MR) is 97.1 cm³/mol. The largest absolute Gasteiger partial charge is 0.493 e. The lowest BCUT2D eigenvalue weighted by molar-refractivity contribution is 0.0950. The van der Waals surface area contributed by atoms with E-state index in [2.05, 4.69) is 15.4 Å². The molecule has 134 valence electrons. The Hall–Kier alpha value is -3.06. The molecule has 8 heteroatoms. The Balaban J connectivity index is 1.79. The van der Waals surface area contributed by atoms with Gasteiger partial charge in [-0.15, -0.1) is 0 Å². The van der Waals surface area contributed by atoms with E-state index < -0.39 is 0 Å². The molecule has 0 aliphatic rings. The Kier molecular flexibility index (Phi) is 5.38. The summed E-state index contributed by atoms with van der Waals surface area (Å²) in [5.74, 6) is 1.15. The van der Waals surface area contributed by atoms with E-state index >= 15 is 0 Å². The highest BCUT2D eigenvalue weighted by Gasteiger charge is 2.16. The summed E-state index contributed by atoms with van der Waals surface area (Å²) in [5, 5.41) is 7.34. The van der Waals surface area contributed by atoms with E-state index in [1.54, 1.807) is 29.3 Å². The molecule has 7 nitrogen and oxygen atoms in total. The molecule has 0 aliphatic heterocycles. The van der Waals surface area contributed by atoms with Gasteiger partial charge < -0.3 is 14.8 Å². The van der Waals surface area contributed by atoms with Crippen LogP contribution in [-0.4, -0.2) is 34.9 Å². The maximum absolute atomic E-state index is 12.5. The summed E-state index contributed by atoms with van der Waals surface area (Å²) in [5.41, 5.74) is 1.20. The number of hydrogen-bond donors (Lipinski definition) is 1. The highest BCUT2D eigenvalue weighted by Crippen LogP contribution is 2.35. The van der Waals surface area contributed by atoms with Crippen LogP contribution in [0, 0.1) is 0 Å². The molecular formula is C18H17ClN4O3. The first kappa shape index (κ1) is 17.8. The Labute approximate surface area is 155 Å². The third kappa shape index (κ3) is 3.62. The number of halogens is 1. The normalized spacial score (nSPS) is 10.4. The Morgan fingerprint density at radius 3 is 2.77 bits per heavy atom. The lowest BCUT2D eigenvalue weighted by Crippen LogP contribution is -2.24. The number of amides is 1. The van der Waals surface area contributed by atoms with Crippen LogP contribution in [0.2, 0.25) is 5.02 Å². The summed E-state index contributed by atoms with van der Waals surface area (Å²) < 4.78 is 12.1. The van der Waals surface area contributed by atoms with Crippen LogP contribution in [0.5, 0.6) is 11.5 Å². The molecule has 26 heavy (non-hydrogen) atoms. The third-order valence-electron chi connectivity index (χ3n) is 3.72. The summed E-state index contributed by atoms with van der Waals surface area (Å²) in [6.45, 7) is 0.286. The third-order valence-corrected chi connectivity index (χ3v) is 4.00. The Morgan fingerprint density at radius 2 is 2.08 bits per heavy atom. The van der Waals surface area contributed by atoms with Crippen molar-refractivity contribution >= 4 is 17.5 Å². The summed E-state index contributed by atoms with van der Waals surface area (Å²) in [4.78, 5) is 16.9. The van der Waals surface area contributed by atoms with Crippen LogP contribution in [0.3, 0.4) is 0 Å². The number of carbonyl (C=O) groups is 1. The van der Waals surface area contributed by atoms with Gasteiger partial charge in [-0.05, 0) is 24.3 Å². The molecule has 2 heterocycles. The quantitative estimate of drug-likeness (QED) is 0.719. The topological polar surface area (TPSA) is 78.3 Å². The molecule has 0 aliphatic carbocycles. The number of carbonyl (C=O) groups excluding carboxylic acids is 1. The molecule has 0 radical (unpaired) electrons. The van der Waals surface area contributed by atoms with E-state index in [9.17, 15) is 4.79 Å². The zero-order valence-electron chi connectivity index (χ0n) is 14.3. The van der Waals surface area contributed by atoms with Gasteiger partial charge in [0.2, 0.25) is 0 Å². The molecule has 3 rings (SSSR count). The van der Waals surface area contributed by atoms with Crippen LogP contribution in [0.15, 0.2) is 48.9 Å². The van der Waals surface area contributed by atoms with Crippen molar-refractivity contribution in [1.29, 1.82) is 0 Å². The molecule has 1 N–H and O–H groups in total. The fraction of sp³-hybridized carbons (Fsp3) is 0.167. The van der Waals surface area contributed by atoms with Crippen molar-refractivity contribution < 1.29 is 14.3 Å². The first-order valence-electron chi connectivity index (χ1n) is 7.77. The average molecular weight is 373 g/mol. The van der Waals surface area contributed by atoms with Crippen LogP contribution in [0.4, 0.5) is 0 Å². The molecule has 0 saturated carbocycles. The number of benzene rings is 1. The molecule has 0 unspecified atom stereocenters. The molecule has 0 saturated heterocycles. The Bertz CT molecular complexity index is 913. The van der Waals surface area contributed by atoms with E-state index in [-0.39, 0.29) is 12.5 Å². The number of nitrogens with zero attached hydrogens (tertiary/aromatic N) is 3. The molecule has 1 aromatic carbocycles. The van der Waals surface area contributed by atoms with Gasteiger partial charge in [-0.2, -0.15) is 5.10 Å². The molecule has 0 bridgehead atoms. The van der Waals surface area contributed by atoms with Crippen LogP contribution < -0.4 is 14.8 Å². The summed E-state index contributed by atoms with van der Waals surface area (Å²) in [6.07, 6.45) is 5.14. The zero-order chi connectivity index (χ0) is 18.5. The second-order valence-corrected chi connectivity index (χ2v) is 5.72. The van der Waals surface area contributed by atoms with Gasteiger partial charge in [-0.1, -0.05) is 17.7 Å². The van der Waals surface area contributed by atoms with Crippen LogP contribution >= 0.6 is 11.6 Å². The monoisotopic (exact) mass is 372 g/mol. The number of nitrogens with one attached hydrogen (secondary N) is 1. The maximum Gasteiger partial charge on any atom is 0.251 e. The van der Waals surface area contributed by atoms with Crippen LogP contribution in [-0.2, 0) is 6.54 Å². The molecule has 0 spiro atoms. The van der Waals surface area contributed by atoms with Gasteiger partial charge in [0.1, 0.15) is 0 Å². The van der Waals surface area contributed by atoms with Crippen LogP contribution in [0.1, 0.15) is 15.9 Å². The van der Waals surface area contributed by atoms with Crippen molar-refractivity contribution in [2.75, 3.05) is 14.2 Å². The minimum absolute atomic E-state index is 0.286. The van der Waals surface area contributed by atoms with Crippen molar-refractivity contribution in [1.82, 2.24) is 20.1 Å². The van der Waals surface area contributed by atoms with E-state index in [0.29, 0.717) is 27.9 Å². The highest BCUT2D eigenvalue weighted by molar-refractivity contribution is 6.32. The number of hydrogen-bond acceptors (Lipinski definition) is 5. The van der Waals surface area contributed by atoms with E-state index in [1.165, 1.54) is 20.3 Å². The van der Waals surface area contributed by atoms with Crippen molar-refractivity contribution in [2.24, 2.45) is 0 Å². The molecule has 1 amide bonds. The van der Waals surface area contributed by atoms with Gasteiger partial charge >= 0.3 is 0 Å². The molecular weight excluding hydrogens is 356 g/mol.